The molecule has 5 heteroatoms. The van der Waals surface area contributed by atoms with Gasteiger partial charge in [0.05, 0.1) is 5.52 Å². The van der Waals surface area contributed by atoms with Gasteiger partial charge in [0.2, 0.25) is 0 Å². The Morgan fingerprint density at radius 2 is 2.12 bits per heavy atom. The molecule has 1 aromatic carbocycles. The van der Waals surface area contributed by atoms with Gasteiger partial charge in [0.25, 0.3) is 5.56 Å². The second-order valence-electron chi connectivity index (χ2n) is 3.69. The molecule has 2 aromatic rings. The third kappa shape index (κ3) is 1.81. The number of nitrogens with two attached hydrogens (primary N) is 1. The van der Waals surface area contributed by atoms with Crippen LogP contribution in [0.4, 0.5) is 4.39 Å². The van der Waals surface area contributed by atoms with E-state index < -0.39 is 11.9 Å². The highest BCUT2D eigenvalue weighted by Crippen LogP contribution is 2.21. The molecule has 0 fully saturated rings. The van der Waals surface area contributed by atoms with E-state index in [1.807, 2.05) is 0 Å². The average molecular weight is 241 g/mol. The summed E-state index contributed by atoms with van der Waals surface area (Å²) in [4.78, 5) is 14.0. The van der Waals surface area contributed by atoms with Crippen molar-refractivity contribution in [1.29, 1.82) is 0 Å². The Hall–Kier alpha value is -1.39. The van der Waals surface area contributed by atoms with Gasteiger partial charge in [-0.25, -0.2) is 4.39 Å². The molecule has 1 heterocycles. The molecule has 1 aromatic heterocycles. The van der Waals surface area contributed by atoms with E-state index in [1.165, 1.54) is 0 Å². The highest BCUT2D eigenvalue weighted by Gasteiger charge is 2.10. The lowest BCUT2D eigenvalue weighted by molar-refractivity contribution is 0.636. The van der Waals surface area contributed by atoms with Crippen molar-refractivity contribution in [3.8, 4) is 0 Å². The van der Waals surface area contributed by atoms with Gasteiger partial charge in [0.15, 0.2) is 0 Å². The van der Waals surface area contributed by atoms with Crippen LogP contribution < -0.4 is 11.3 Å². The first kappa shape index (κ1) is 11.1. The monoisotopic (exact) mass is 240 g/mol. The smallest absolute Gasteiger partial charge is 0.253 e. The summed E-state index contributed by atoms with van der Waals surface area (Å²) in [6, 6.07) is 3.90. The number of aromatic amines is 1. The number of halogens is 2. The van der Waals surface area contributed by atoms with Gasteiger partial charge < -0.3 is 10.7 Å². The molecule has 3 N–H and O–H groups in total. The number of rotatable bonds is 1. The largest absolute Gasteiger partial charge is 0.324 e. The lowest BCUT2D eigenvalue weighted by Crippen LogP contribution is -2.19. The molecule has 84 valence electrons. The molecule has 3 nitrogen and oxygen atoms in total. The van der Waals surface area contributed by atoms with Crippen LogP contribution in [0, 0.1) is 5.82 Å². The zero-order chi connectivity index (χ0) is 11.9. The fourth-order valence-corrected chi connectivity index (χ4v) is 1.81. The summed E-state index contributed by atoms with van der Waals surface area (Å²) < 4.78 is 13.5. The number of hydrogen-bond donors (Lipinski definition) is 2. The Balaban J connectivity index is 2.85. The first-order valence-electron chi connectivity index (χ1n) is 4.76. The lowest BCUT2D eigenvalue weighted by Gasteiger charge is -2.07. The fourth-order valence-electron chi connectivity index (χ4n) is 1.60. The summed E-state index contributed by atoms with van der Waals surface area (Å²) in [5.74, 6) is -0.546. The number of nitrogens with one attached hydrogen (secondary N) is 1. The van der Waals surface area contributed by atoms with Crippen molar-refractivity contribution < 1.29 is 4.39 Å². The van der Waals surface area contributed by atoms with Crippen LogP contribution in [-0.2, 0) is 0 Å². The van der Waals surface area contributed by atoms with E-state index in [0.29, 0.717) is 10.9 Å². The quantitative estimate of drug-likeness (QED) is 0.804. The minimum absolute atomic E-state index is 0.152. The van der Waals surface area contributed by atoms with Crippen molar-refractivity contribution in [2.75, 3.05) is 0 Å². The van der Waals surface area contributed by atoms with E-state index in [0.717, 1.165) is 6.07 Å². The lowest BCUT2D eigenvalue weighted by atomic mass is 10.1. The Bertz CT molecular complexity index is 607. The summed E-state index contributed by atoms with van der Waals surface area (Å²) in [6.45, 7) is 1.69. The molecule has 0 saturated carbocycles. The maximum absolute atomic E-state index is 13.5. The van der Waals surface area contributed by atoms with Gasteiger partial charge in [0.1, 0.15) is 5.82 Å². The van der Waals surface area contributed by atoms with Gasteiger partial charge in [-0.05, 0) is 25.1 Å². The number of aromatic nitrogens is 1. The normalized spacial score (nSPS) is 13.0. The van der Waals surface area contributed by atoms with E-state index in [9.17, 15) is 9.18 Å². The van der Waals surface area contributed by atoms with Crippen LogP contribution in [0.1, 0.15) is 18.5 Å². The molecule has 1 atom stereocenters. The van der Waals surface area contributed by atoms with Crippen LogP contribution in [0.5, 0.6) is 0 Å². The molecule has 2 rings (SSSR count). The highest BCUT2D eigenvalue weighted by atomic mass is 35.5. The SMILES string of the molecule is CC(N)c1cc2cc(Cl)cc(F)c2[nH]c1=O. The molecule has 16 heavy (non-hydrogen) atoms. The topological polar surface area (TPSA) is 58.9 Å². The Morgan fingerprint density at radius 3 is 2.75 bits per heavy atom. The van der Waals surface area contributed by atoms with Gasteiger partial charge in [-0.15, -0.1) is 0 Å². The van der Waals surface area contributed by atoms with Crippen LogP contribution in [0.2, 0.25) is 5.02 Å². The van der Waals surface area contributed by atoms with Crippen LogP contribution in [0.25, 0.3) is 10.9 Å². The van der Waals surface area contributed by atoms with Crippen molar-refractivity contribution in [2.24, 2.45) is 5.73 Å². The minimum Gasteiger partial charge on any atom is -0.324 e. The van der Waals surface area contributed by atoms with Crippen molar-refractivity contribution >= 4 is 22.5 Å². The van der Waals surface area contributed by atoms with Crippen molar-refractivity contribution in [3.05, 3.63) is 45.0 Å². The van der Waals surface area contributed by atoms with Gasteiger partial charge >= 0.3 is 0 Å². The number of pyridine rings is 1. The molecule has 1 unspecified atom stereocenters. The van der Waals surface area contributed by atoms with E-state index in [4.69, 9.17) is 17.3 Å². The summed E-state index contributed by atoms with van der Waals surface area (Å²) in [5.41, 5.74) is 5.83. The number of hydrogen-bond acceptors (Lipinski definition) is 2. The Labute approximate surface area is 96.0 Å². The van der Waals surface area contributed by atoms with Gasteiger partial charge in [-0.2, -0.15) is 0 Å². The minimum atomic E-state index is -0.546. The van der Waals surface area contributed by atoms with Gasteiger partial charge in [-0.3, -0.25) is 4.79 Å². The summed E-state index contributed by atoms with van der Waals surface area (Å²) in [7, 11) is 0. The zero-order valence-corrected chi connectivity index (χ0v) is 9.31. The first-order valence-corrected chi connectivity index (χ1v) is 5.14. The van der Waals surface area contributed by atoms with Gasteiger partial charge in [0, 0.05) is 22.0 Å². The summed E-state index contributed by atoms with van der Waals surface area (Å²) >= 11 is 5.73. The van der Waals surface area contributed by atoms with Crippen molar-refractivity contribution in [1.82, 2.24) is 4.98 Å². The molecule has 0 bridgehead atoms. The predicted molar refractivity (Wildman–Crippen MR) is 62.1 cm³/mol. The van der Waals surface area contributed by atoms with Crippen LogP contribution in [0.15, 0.2) is 23.0 Å². The standard InChI is InChI=1S/C11H10ClFN2O/c1-5(14)8-3-6-2-7(12)4-9(13)10(6)15-11(8)16/h2-5H,14H2,1H3,(H,15,16). The maximum atomic E-state index is 13.5. The van der Waals surface area contributed by atoms with Crippen LogP contribution >= 0.6 is 11.6 Å². The summed E-state index contributed by atoms with van der Waals surface area (Å²) in [5, 5.41) is 0.824. The second-order valence-corrected chi connectivity index (χ2v) is 4.13. The van der Waals surface area contributed by atoms with Crippen molar-refractivity contribution in [2.45, 2.75) is 13.0 Å². The number of fused-ring (bicyclic) bond motifs is 1. The summed E-state index contributed by atoms with van der Waals surface area (Å²) in [6.07, 6.45) is 0. The molecular weight excluding hydrogens is 231 g/mol. The highest BCUT2D eigenvalue weighted by molar-refractivity contribution is 6.31. The van der Waals surface area contributed by atoms with E-state index >= 15 is 0 Å². The number of benzene rings is 1. The average Bonchev–Trinajstić information content (AvgIpc) is 2.18. The molecular formula is C11H10ClFN2O. The molecule has 0 aliphatic carbocycles. The third-order valence-electron chi connectivity index (χ3n) is 2.39. The Morgan fingerprint density at radius 1 is 1.44 bits per heavy atom. The predicted octanol–water partition coefficient (Wildman–Crippen LogP) is 2.34. The van der Waals surface area contributed by atoms with Crippen LogP contribution in [0.3, 0.4) is 0 Å². The zero-order valence-electron chi connectivity index (χ0n) is 8.55. The molecule has 0 amide bonds. The Kier molecular flexibility index (Phi) is 2.69. The molecule has 0 radical (unpaired) electrons. The van der Waals surface area contributed by atoms with Crippen LogP contribution in [-0.4, -0.2) is 4.98 Å². The first-order chi connectivity index (χ1) is 7.49. The molecule has 0 spiro atoms. The van der Waals surface area contributed by atoms with E-state index in [2.05, 4.69) is 4.98 Å². The van der Waals surface area contributed by atoms with E-state index in [-0.39, 0.29) is 16.1 Å². The second kappa shape index (κ2) is 3.88. The maximum Gasteiger partial charge on any atom is 0.253 e. The van der Waals surface area contributed by atoms with Crippen molar-refractivity contribution in [3.63, 3.8) is 0 Å². The molecule has 0 aliphatic rings. The fraction of sp³-hybridized carbons (Fsp3) is 0.182. The molecule has 0 aliphatic heterocycles. The number of H-pyrrole nitrogens is 1. The van der Waals surface area contributed by atoms with E-state index in [1.54, 1.807) is 19.1 Å². The van der Waals surface area contributed by atoms with Gasteiger partial charge in [-0.1, -0.05) is 11.6 Å². The molecule has 0 saturated heterocycles. The third-order valence-corrected chi connectivity index (χ3v) is 2.61.